The summed E-state index contributed by atoms with van der Waals surface area (Å²) in [6, 6.07) is 8.49. The Hall–Kier alpha value is -4.01. The molecule has 0 bridgehead atoms. The molecule has 1 N–H and O–H groups in total. The number of aromatic nitrogens is 1. The van der Waals surface area contributed by atoms with Crippen LogP contribution in [0.25, 0.3) is 10.9 Å². The summed E-state index contributed by atoms with van der Waals surface area (Å²) in [4.78, 5) is 43.3. The predicted octanol–water partition coefficient (Wildman–Crippen LogP) is 3.21. The Kier molecular flexibility index (Phi) is 5.48. The van der Waals surface area contributed by atoms with Gasteiger partial charge in [0.1, 0.15) is 22.6 Å². The van der Waals surface area contributed by atoms with Gasteiger partial charge in [-0.3, -0.25) is 19.5 Å². The highest BCUT2D eigenvalue weighted by Crippen LogP contribution is 2.43. The van der Waals surface area contributed by atoms with Gasteiger partial charge in [0.2, 0.25) is 0 Å². The van der Waals surface area contributed by atoms with Crippen molar-refractivity contribution in [3.63, 3.8) is 0 Å². The predicted molar refractivity (Wildman–Crippen MR) is 111 cm³/mol. The molecule has 9 heteroatoms. The molecule has 3 aromatic rings. The molecule has 0 saturated carbocycles. The molecule has 0 fully saturated rings. The Morgan fingerprint density at radius 1 is 1.12 bits per heavy atom. The van der Waals surface area contributed by atoms with Crippen molar-refractivity contribution in [3.8, 4) is 11.5 Å². The van der Waals surface area contributed by atoms with Crippen LogP contribution < -0.4 is 4.74 Å². The van der Waals surface area contributed by atoms with E-state index < -0.39 is 36.0 Å². The van der Waals surface area contributed by atoms with Gasteiger partial charge < -0.3 is 14.6 Å². The molecule has 0 radical (unpaired) electrons. The van der Waals surface area contributed by atoms with Crippen LogP contribution in [0.2, 0.25) is 0 Å². The molecule has 2 amide bonds. The van der Waals surface area contributed by atoms with E-state index in [1.807, 2.05) is 0 Å². The van der Waals surface area contributed by atoms with Crippen LogP contribution in [0, 0.1) is 5.82 Å². The number of phenols is 1. The lowest BCUT2D eigenvalue weighted by atomic mass is 10.0. The Labute approximate surface area is 182 Å². The van der Waals surface area contributed by atoms with E-state index in [-0.39, 0.29) is 40.4 Å². The second-order valence-corrected chi connectivity index (χ2v) is 7.48. The molecule has 0 atom stereocenters. The first-order valence-electron chi connectivity index (χ1n) is 9.84. The topological polar surface area (TPSA) is 106 Å². The number of ether oxygens (including phenoxy) is 2. The summed E-state index contributed by atoms with van der Waals surface area (Å²) in [5.74, 6) is -3.04. The van der Waals surface area contributed by atoms with Gasteiger partial charge in [-0.05, 0) is 43.7 Å². The fourth-order valence-corrected chi connectivity index (χ4v) is 3.53. The van der Waals surface area contributed by atoms with E-state index >= 15 is 0 Å². The van der Waals surface area contributed by atoms with Gasteiger partial charge in [-0.2, -0.15) is 0 Å². The zero-order valence-corrected chi connectivity index (χ0v) is 17.3. The lowest BCUT2D eigenvalue weighted by molar-refractivity contribution is -0.149. The first kappa shape index (κ1) is 21.2. The smallest absolute Gasteiger partial charge is 0.344 e. The highest BCUT2D eigenvalue weighted by Gasteiger charge is 2.42. The third-order valence-electron chi connectivity index (χ3n) is 4.86. The first-order valence-corrected chi connectivity index (χ1v) is 9.84. The third-order valence-corrected chi connectivity index (χ3v) is 4.86. The molecule has 32 heavy (non-hydrogen) atoms. The fourth-order valence-electron chi connectivity index (χ4n) is 3.53. The maximum atomic E-state index is 13.2. The second kappa shape index (κ2) is 8.26. The zero-order chi connectivity index (χ0) is 23.0. The number of amides is 2. The molecule has 8 nitrogen and oxygen atoms in total. The van der Waals surface area contributed by atoms with Crippen LogP contribution in [0.1, 0.15) is 40.1 Å². The standard InChI is InChI=1S/C23H19FN2O6/c1-12(2)32-16(27)11-31-21-15-4-3-9-25-19(15)20(28)17-18(21)23(30)26(22(17)29)10-13-5-7-14(24)8-6-13/h3-9,12,28H,10-11H2,1-2H3. The third kappa shape index (κ3) is 3.73. The normalized spacial score (nSPS) is 13.1. The number of rotatable bonds is 6. The van der Waals surface area contributed by atoms with E-state index in [0.717, 1.165) is 4.90 Å². The highest BCUT2D eigenvalue weighted by atomic mass is 19.1. The van der Waals surface area contributed by atoms with Crippen molar-refractivity contribution in [2.75, 3.05) is 6.61 Å². The number of esters is 1. The molecule has 0 unspecified atom stereocenters. The van der Waals surface area contributed by atoms with Crippen LogP contribution in [-0.4, -0.2) is 45.5 Å². The van der Waals surface area contributed by atoms with E-state index in [1.54, 1.807) is 26.0 Å². The molecule has 1 aromatic heterocycles. The van der Waals surface area contributed by atoms with Gasteiger partial charge in [-0.1, -0.05) is 12.1 Å². The number of hydrogen-bond acceptors (Lipinski definition) is 7. The van der Waals surface area contributed by atoms with Crippen molar-refractivity contribution in [2.45, 2.75) is 26.5 Å². The minimum Gasteiger partial charge on any atom is -0.505 e. The van der Waals surface area contributed by atoms with E-state index in [2.05, 4.69) is 4.98 Å². The summed E-state index contributed by atoms with van der Waals surface area (Å²) < 4.78 is 23.9. The van der Waals surface area contributed by atoms with E-state index in [4.69, 9.17) is 9.47 Å². The SMILES string of the molecule is CC(C)OC(=O)COc1c2c(c(O)c3ncccc13)C(=O)N(Cc1ccc(F)cc1)C2=O. The number of benzene rings is 2. The van der Waals surface area contributed by atoms with Gasteiger partial charge in [0, 0.05) is 11.6 Å². The number of phenolic OH excluding ortho intramolecular Hbond substituents is 1. The molecule has 2 heterocycles. The van der Waals surface area contributed by atoms with Crippen LogP contribution in [0.15, 0.2) is 42.6 Å². The van der Waals surface area contributed by atoms with Crippen LogP contribution in [-0.2, 0) is 16.1 Å². The van der Waals surface area contributed by atoms with Crippen LogP contribution in [0.3, 0.4) is 0 Å². The Morgan fingerprint density at radius 3 is 2.50 bits per heavy atom. The van der Waals surface area contributed by atoms with Crippen molar-refractivity contribution in [1.82, 2.24) is 9.88 Å². The fraction of sp³-hybridized carbons (Fsp3) is 0.217. The molecule has 0 spiro atoms. The van der Waals surface area contributed by atoms with Gasteiger partial charge in [-0.25, -0.2) is 9.18 Å². The Bertz CT molecular complexity index is 1240. The van der Waals surface area contributed by atoms with Crippen molar-refractivity contribution in [3.05, 3.63) is 65.1 Å². The monoisotopic (exact) mass is 438 g/mol. The Morgan fingerprint density at radius 2 is 1.81 bits per heavy atom. The van der Waals surface area contributed by atoms with Crippen molar-refractivity contribution in [2.24, 2.45) is 0 Å². The summed E-state index contributed by atoms with van der Waals surface area (Å²) in [6.07, 6.45) is 1.06. The number of hydrogen-bond donors (Lipinski definition) is 1. The summed E-state index contributed by atoms with van der Waals surface area (Å²) in [5, 5.41) is 11.0. The second-order valence-electron chi connectivity index (χ2n) is 7.48. The summed E-state index contributed by atoms with van der Waals surface area (Å²) in [6.45, 7) is 2.74. The summed E-state index contributed by atoms with van der Waals surface area (Å²) >= 11 is 0. The Balaban J connectivity index is 1.77. The maximum Gasteiger partial charge on any atom is 0.344 e. The average Bonchev–Trinajstić information content (AvgIpc) is 3.00. The first-order chi connectivity index (χ1) is 15.3. The zero-order valence-electron chi connectivity index (χ0n) is 17.3. The number of fused-ring (bicyclic) bond motifs is 2. The molecule has 2 aromatic carbocycles. The lowest BCUT2D eigenvalue weighted by Crippen LogP contribution is -2.29. The molecule has 1 aliphatic heterocycles. The van der Waals surface area contributed by atoms with Gasteiger partial charge in [0.25, 0.3) is 11.8 Å². The van der Waals surface area contributed by atoms with Crippen LogP contribution in [0.5, 0.6) is 11.5 Å². The van der Waals surface area contributed by atoms with Crippen molar-refractivity contribution in [1.29, 1.82) is 0 Å². The van der Waals surface area contributed by atoms with Crippen molar-refractivity contribution >= 4 is 28.7 Å². The van der Waals surface area contributed by atoms with Gasteiger partial charge in [-0.15, -0.1) is 0 Å². The number of carbonyl (C=O) groups excluding carboxylic acids is 3. The van der Waals surface area contributed by atoms with Gasteiger partial charge in [0.05, 0.1) is 18.2 Å². The van der Waals surface area contributed by atoms with E-state index in [1.165, 1.54) is 30.5 Å². The molecule has 0 aliphatic carbocycles. The average molecular weight is 438 g/mol. The number of carbonyl (C=O) groups is 3. The minimum absolute atomic E-state index is 0.0402. The highest BCUT2D eigenvalue weighted by molar-refractivity contribution is 6.26. The maximum absolute atomic E-state index is 13.2. The summed E-state index contributed by atoms with van der Waals surface area (Å²) in [5.41, 5.74) is 0.164. The molecule has 0 saturated heterocycles. The quantitative estimate of drug-likeness (QED) is 0.465. The lowest BCUT2D eigenvalue weighted by Gasteiger charge is -2.15. The molecule has 4 rings (SSSR count). The number of halogens is 1. The van der Waals surface area contributed by atoms with E-state index in [9.17, 15) is 23.9 Å². The number of aromatic hydroxyl groups is 1. The minimum atomic E-state index is -0.742. The number of nitrogens with zero attached hydrogens (tertiary/aromatic N) is 2. The number of imide groups is 1. The number of pyridine rings is 1. The van der Waals surface area contributed by atoms with Crippen LogP contribution in [0.4, 0.5) is 4.39 Å². The van der Waals surface area contributed by atoms with Gasteiger partial charge >= 0.3 is 5.97 Å². The van der Waals surface area contributed by atoms with Gasteiger partial charge in [0.15, 0.2) is 12.4 Å². The molecular formula is C23H19FN2O6. The summed E-state index contributed by atoms with van der Waals surface area (Å²) in [7, 11) is 0. The molecule has 1 aliphatic rings. The van der Waals surface area contributed by atoms with Crippen molar-refractivity contribution < 1.29 is 33.4 Å². The van der Waals surface area contributed by atoms with Crippen LogP contribution >= 0.6 is 0 Å². The largest absolute Gasteiger partial charge is 0.505 e. The molecule has 164 valence electrons. The van der Waals surface area contributed by atoms with E-state index in [0.29, 0.717) is 5.56 Å². The molecular weight excluding hydrogens is 419 g/mol.